The van der Waals surface area contributed by atoms with Gasteiger partial charge in [0.25, 0.3) is 0 Å². The lowest BCUT2D eigenvalue weighted by Crippen LogP contribution is -2.47. The van der Waals surface area contributed by atoms with E-state index in [9.17, 15) is 8.42 Å². The second-order valence-corrected chi connectivity index (χ2v) is 9.63. The van der Waals surface area contributed by atoms with Crippen LogP contribution >= 0.6 is 11.6 Å². The van der Waals surface area contributed by atoms with Crippen molar-refractivity contribution in [3.05, 3.63) is 71.2 Å². The van der Waals surface area contributed by atoms with Gasteiger partial charge in [0.15, 0.2) is 10.8 Å². The molecule has 2 heterocycles. The van der Waals surface area contributed by atoms with Crippen LogP contribution in [0.5, 0.6) is 5.75 Å². The molecule has 3 aromatic rings. The van der Waals surface area contributed by atoms with E-state index >= 15 is 0 Å². The molecule has 1 fully saturated rings. The fraction of sp³-hybridized carbons (Fsp3) is 0.273. The molecule has 1 aliphatic heterocycles. The normalized spacial score (nSPS) is 14.5. The SMILES string of the molecule is COc1ccccc1N1CCN(c2ccc(S(=O)(=O)Cc3ccc(Cl)cc3)nn2)CC1. The third kappa shape index (κ3) is 4.91. The van der Waals surface area contributed by atoms with Gasteiger partial charge < -0.3 is 14.5 Å². The molecule has 7 nitrogen and oxygen atoms in total. The molecule has 162 valence electrons. The van der Waals surface area contributed by atoms with E-state index in [4.69, 9.17) is 16.3 Å². The second-order valence-electron chi connectivity index (χ2n) is 7.26. The van der Waals surface area contributed by atoms with Crippen molar-refractivity contribution in [2.24, 2.45) is 0 Å². The largest absolute Gasteiger partial charge is 0.495 e. The molecule has 0 aliphatic carbocycles. The molecule has 0 N–H and O–H groups in total. The van der Waals surface area contributed by atoms with Gasteiger partial charge in [0.2, 0.25) is 9.84 Å². The van der Waals surface area contributed by atoms with Gasteiger partial charge in [-0.2, -0.15) is 0 Å². The molecule has 0 amide bonds. The number of anilines is 2. The topological polar surface area (TPSA) is 75.6 Å². The zero-order chi connectivity index (χ0) is 21.8. The average Bonchev–Trinajstić information content (AvgIpc) is 2.80. The molecule has 1 aliphatic rings. The highest BCUT2D eigenvalue weighted by Gasteiger charge is 2.22. The standard InChI is InChI=1S/C22H23ClN4O3S/c1-30-20-5-3-2-4-19(20)26-12-14-27(15-13-26)21-10-11-22(25-24-21)31(28,29)16-17-6-8-18(23)9-7-17/h2-11H,12-16H2,1H3. The first-order valence-corrected chi connectivity index (χ1v) is 11.9. The lowest BCUT2D eigenvalue weighted by Gasteiger charge is -2.37. The molecule has 0 saturated carbocycles. The lowest BCUT2D eigenvalue weighted by atomic mass is 10.2. The Labute approximate surface area is 187 Å². The highest BCUT2D eigenvalue weighted by molar-refractivity contribution is 7.90. The number of halogens is 1. The van der Waals surface area contributed by atoms with Crippen molar-refractivity contribution in [3.8, 4) is 5.75 Å². The number of para-hydroxylation sites is 2. The summed E-state index contributed by atoms with van der Waals surface area (Å²) in [6.07, 6.45) is 0. The molecular weight excluding hydrogens is 436 g/mol. The number of rotatable bonds is 6. The summed E-state index contributed by atoms with van der Waals surface area (Å²) in [5.41, 5.74) is 1.72. The van der Waals surface area contributed by atoms with E-state index in [1.807, 2.05) is 18.2 Å². The Bertz CT molecular complexity index is 1130. The van der Waals surface area contributed by atoms with Crippen molar-refractivity contribution < 1.29 is 13.2 Å². The van der Waals surface area contributed by atoms with Crippen molar-refractivity contribution in [2.45, 2.75) is 10.8 Å². The summed E-state index contributed by atoms with van der Waals surface area (Å²) < 4.78 is 30.8. The maximum Gasteiger partial charge on any atom is 0.201 e. The van der Waals surface area contributed by atoms with Gasteiger partial charge in [-0.25, -0.2) is 8.42 Å². The Morgan fingerprint density at radius 1 is 0.903 bits per heavy atom. The summed E-state index contributed by atoms with van der Waals surface area (Å²) >= 11 is 5.86. The molecule has 4 rings (SSSR count). The molecule has 0 unspecified atom stereocenters. The fourth-order valence-corrected chi connectivity index (χ4v) is 4.93. The highest BCUT2D eigenvalue weighted by Crippen LogP contribution is 2.29. The summed E-state index contributed by atoms with van der Waals surface area (Å²) in [6, 6.07) is 17.9. The quantitative estimate of drug-likeness (QED) is 0.560. The summed E-state index contributed by atoms with van der Waals surface area (Å²) in [6.45, 7) is 3.12. The number of nitrogens with zero attached hydrogens (tertiary/aromatic N) is 4. The maximum atomic E-state index is 12.7. The van der Waals surface area contributed by atoms with Crippen molar-refractivity contribution in [1.29, 1.82) is 0 Å². The molecule has 9 heteroatoms. The Balaban J connectivity index is 1.41. The Kier molecular flexibility index (Phi) is 6.29. The second kappa shape index (κ2) is 9.11. The average molecular weight is 459 g/mol. The van der Waals surface area contributed by atoms with E-state index < -0.39 is 9.84 Å². The van der Waals surface area contributed by atoms with E-state index in [1.165, 1.54) is 6.07 Å². The van der Waals surface area contributed by atoms with Crippen molar-refractivity contribution >= 4 is 32.9 Å². The number of aromatic nitrogens is 2. The predicted molar refractivity (Wildman–Crippen MR) is 122 cm³/mol. The van der Waals surface area contributed by atoms with Crippen LogP contribution in [0.2, 0.25) is 5.02 Å². The monoisotopic (exact) mass is 458 g/mol. The molecule has 0 spiro atoms. The van der Waals surface area contributed by atoms with Crippen molar-refractivity contribution in [1.82, 2.24) is 10.2 Å². The zero-order valence-electron chi connectivity index (χ0n) is 17.1. The zero-order valence-corrected chi connectivity index (χ0v) is 18.7. The summed E-state index contributed by atoms with van der Waals surface area (Å²) in [5, 5.41) is 8.73. The van der Waals surface area contributed by atoms with Crippen LogP contribution in [-0.4, -0.2) is 51.9 Å². The number of ether oxygens (including phenoxy) is 1. The maximum absolute atomic E-state index is 12.7. The van der Waals surface area contributed by atoms with E-state index in [0.29, 0.717) is 16.4 Å². The van der Waals surface area contributed by atoms with Gasteiger partial charge in [0, 0.05) is 31.2 Å². The number of hydrogen-bond donors (Lipinski definition) is 0. The van der Waals surface area contributed by atoms with E-state index in [0.717, 1.165) is 37.6 Å². The van der Waals surface area contributed by atoms with Crippen LogP contribution < -0.4 is 14.5 Å². The smallest absolute Gasteiger partial charge is 0.201 e. The highest BCUT2D eigenvalue weighted by atomic mass is 35.5. The molecule has 0 atom stereocenters. The minimum atomic E-state index is -3.58. The first-order chi connectivity index (χ1) is 15.0. The number of piperazine rings is 1. The van der Waals surface area contributed by atoms with Crippen LogP contribution in [0.3, 0.4) is 0 Å². The first-order valence-electron chi connectivity index (χ1n) is 9.90. The van der Waals surface area contributed by atoms with Crippen LogP contribution in [0.15, 0.2) is 65.7 Å². The van der Waals surface area contributed by atoms with Crippen LogP contribution in [0, 0.1) is 0 Å². The van der Waals surface area contributed by atoms with Gasteiger partial charge in [0.1, 0.15) is 5.75 Å². The number of benzene rings is 2. The van der Waals surface area contributed by atoms with Crippen LogP contribution in [0.4, 0.5) is 11.5 Å². The molecule has 0 radical (unpaired) electrons. The number of hydrogen-bond acceptors (Lipinski definition) is 7. The van der Waals surface area contributed by atoms with Crippen molar-refractivity contribution in [3.63, 3.8) is 0 Å². The van der Waals surface area contributed by atoms with E-state index in [1.54, 1.807) is 37.4 Å². The minimum absolute atomic E-state index is 0.0288. The van der Waals surface area contributed by atoms with Gasteiger partial charge in [-0.05, 0) is 42.0 Å². The number of sulfone groups is 1. The Hall–Kier alpha value is -2.84. The fourth-order valence-electron chi connectivity index (χ4n) is 3.59. The summed E-state index contributed by atoms with van der Waals surface area (Å²) in [5.74, 6) is 1.38. The van der Waals surface area contributed by atoms with Gasteiger partial charge in [-0.15, -0.1) is 10.2 Å². The van der Waals surface area contributed by atoms with Crippen LogP contribution in [-0.2, 0) is 15.6 Å². The van der Waals surface area contributed by atoms with Gasteiger partial charge in [-0.1, -0.05) is 35.9 Å². The predicted octanol–water partition coefficient (Wildman–Crippen LogP) is 3.44. The van der Waals surface area contributed by atoms with Gasteiger partial charge in [0.05, 0.1) is 18.6 Å². The molecule has 31 heavy (non-hydrogen) atoms. The Morgan fingerprint density at radius 2 is 1.58 bits per heavy atom. The first kappa shape index (κ1) is 21.4. The number of methoxy groups -OCH3 is 1. The molecular formula is C22H23ClN4O3S. The minimum Gasteiger partial charge on any atom is -0.495 e. The van der Waals surface area contributed by atoms with Crippen molar-refractivity contribution in [2.75, 3.05) is 43.1 Å². The van der Waals surface area contributed by atoms with E-state index in [-0.39, 0.29) is 10.8 Å². The molecule has 2 aromatic carbocycles. The van der Waals surface area contributed by atoms with Crippen LogP contribution in [0.25, 0.3) is 0 Å². The molecule has 1 aromatic heterocycles. The summed E-state index contributed by atoms with van der Waals surface area (Å²) in [4.78, 5) is 4.38. The van der Waals surface area contributed by atoms with Gasteiger partial charge >= 0.3 is 0 Å². The third-order valence-electron chi connectivity index (χ3n) is 5.24. The third-order valence-corrected chi connectivity index (χ3v) is 7.06. The van der Waals surface area contributed by atoms with E-state index in [2.05, 4.69) is 26.1 Å². The Morgan fingerprint density at radius 3 is 2.23 bits per heavy atom. The molecule has 1 saturated heterocycles. The van der Waals surface area contributed by atoms with Gasteiger partial charge in [-0.3, -0.25) is 0 Å². The van der Waals surface area contributed by atoms with Crippen LogP contribution in [0.1, 0.15) is 5.56 Å². The molecule has 0 bridgehead atoms. The lowest BCUT2D eigenvalue weighted by molar-refractivity contribution is 0.413. The summed E-state index contributed by atoms with van der Waals surface area (Å²) in [7, 11) is -1.91.